The molecule has 0 bridgehead atoms. The van der Waals surface area contributed by atoms with Crippen LogP contribution in [0.5, 0.6) is 0 Å². The van der Waals surface area contributed by atoms with Crippen molar-refractivity contribution < 1.29 is 24.4 Å². The number of rotatable bonds is 16. The Balaban J connectivity index is 2.40. The molecule has 0 aromatic carbocycles. The van der Waals surface area contributed by atoms with Gasteiger partial charge in [0.25, 0.3) is 5.56 Å². The molecule has 0 unspecified atom stereocenters. The van der Waals surface area contributed by atoms with Crippen LogP contribution in [-0.4, -0.2) is 88.6 Å². The van der Waals surface area contributed by atoms with Crippen LogP contribution >= 0.6 is 0 Å². The third-order valence-electron chi connectivity index (χ3n) is 5.83. The van der Waals surface area contributed by atoms with Gasteiger partial charge in [-0.15, -0.1) is 19.3 Å². The molecule has 196 valence electrons. The number of nitrogens with zero attached hydrogens (tertiary/aromatic N) is 3. The molecule has 0 spiro atoms. The largest absolute Gasteiger partial charge is 0.396 e. The second-order valence-corrected chi connectivity index (χ2v) is 8.32. The highest BCUT2D eigenvalue weighted by molar-refractivity contribution is 5.00. The predicted octanol–water partition coefficient (Wildman–Crippen LogP) is -0.576. The van der Waals surface area contributed by atoms with E-state index < -0.39 is 35.8 Å². The van der Waals surface area contributed by atoms with E-state index in [2.05, 4.69) is 22.7 Å². The minimum absolute atomic E-state index is 0.00627. The fourth-order valence-electron chi connectivity index (χ4n) is 4.15. The Morgan fingerprint density at radius 1 is 0.944 bits per heavy atom. The van der Waals surface area contributed by atoms with Gasteiger partial charge in [0.2, 0.25) is 0 Å². The van der Waals surface area contributed by atoms with Crippen molar-refractivity contribution in [2.75, 3.05) is 46.1 Å². The van der Waals surface area contributed by atoms with Crippen LogP contribution in [-0.2, 0) is 20.8 Å². The Labute approximate surface area is 211 Å². The van der Waals surface area contributed by atoms with E-state index in [1.165, 1.54) is 16.8 Å². The van der Waals surface area contributed by atoms with Crippen LogP contribution in [0.15, 0.2) is 21.9 Å². The normalized spacial score (nSPS) is 21.2. The van der Waals surface area contributed by atoms with Gasteiger partial charge in [0.05, 0.1) is 6.54 Å². The minimum atomic E-state index is -0.944. The van der Waals surface area contributed by atoms with Crippen LogP contribution in [0, 0.1) is 37.0 Å². The summed E-state index contributed by atoms with van der Waals surface area (Å²) in [5.41, 5.74) is -1.16. The van der Waals surface area contributed by atoms with Crippen molar-refractivity contribution in [2.45, 2.75) is 56.8 Å². The van der Waals surface area contributed by atoms with Crippen molar-refractivity contribution in [3.8, 4) is 37.0 Å². The van der Waals surface area contributed by atoms with Gasteiger partial charge >= 0.3 is 5.69 Å². The lowest BCUT2D eigenvalue weighted by Gasteiger charge is -2.28. The van der Waals surface area contributed by atoms with Crippen LogP contribution in [0.3, 0.4) is 0 Å². The Bertz CT molecular complexity index is 1040. The molecule has 2 rings (SSSR count). The van der Waals surface area contributed by atoms with Crippen molar-refractivity contribution in [3.63, 3.8) is 0 Å². The van der Waals surface area contributed by atoms with Crippen molar-refractivity contribution >= 4 is 0 Å². The van der Waals surface area contributed by atoms with Gasteiger partial charge in [-0.05, 0) is 38.8 Å². The number of unbranched alkanes of at least 4 members (excludes halogenated alkanes) is 2. The molecular weight excluding hydrogens is 466 g/mol. The Hall–Kier alpha value is -2.88. The number of hydrogen-bond donors (Lipinski definition) is 2. The van der Waals surface area contributed by atoms with Crippen LogP contribution < -0.4 is 11.2 Å². The molecule has 1 aromatic rings. The maximum atomic E-state index is 13.1. The molecule has 2 N–H and O–H groups in total. The molecule has 10 heteroatoms. The van der Waals surface area contributed by atoms with Crippen molar-refractivity contribution in [3.05, 3.63) is 33.1 Å². The van der Waals surface area contributed by atoms with E-state index in [4.69, 9.17) is 33.5 Å². The van der Waals surface area contributed by atoms with Gasteiger partial charge in [-0.3, -0.25) is 9.36 Å². The van der Waals surface area contributed by atoms with Crippen LogP contribution in [0.1, 0.15) is 31.9 Å². The second kappa shape index (κ2) is 16.0. The monoisotopic (exact) mass is 501 g/mol. The molecular formula is C26H35N3O7. The number of hydrogen-bond acceptors (Lipinski definition) is 8. The average Bonchev–Trinajstić information content (AvgIpc) is 3.20. The predicted molar refractivity (Wildman–Crippen MR) is 134 cm³/mol. The highest BCUT2D eigenvalue weighted by atomic mass is 16.6. The first-order chi connectivity index (χ1) is 17.5. The lowest BCUT2D eigenvalue weighted by Crippen LogP contribution is -2.45. The van der Waals surface area contributed by atoms with E-state index in [-0.39, 0.29) is 33.0 Å². The highest BCUT2D eigenvalue weighted by Crippen LogP contribution is 2.33. The molecule has 1 aliphatic heterocycles. The van der Waals surface area contributed by atoms with Crippen LogP contribution in [0.4, 0.5) is 0 Å². The molecule has 10 nitrogen and oxygen atoms in total. The number of aromatic nitrogens is 2. The molecule has 0 radical (unpaired) electrons. The smallest absolute Gasteiger partial charge is 0.334 e. The van der Waals surface area contributed by atoms with Gasteiger partial charge in [0.1, 0.15) is 31.5 Å². The van der Waals surface area contributed by atoms with Gasteiger partial charge < -0.3 is 29.3 Å². The van der Waals surface area contributed by atoms with E-state index >= 15 is 0 Å². The molecule has 2 heterocycles. The summed E-state index contributed by atoms with van der Waals surface area (Å²) in [4.78, 5) is 27.4. The van der Waals surface area contributed by atoms with Gasteiger partial charge in [0.15, 0.2) is 6.23 Å². The van der Waals surface area contributed by atoms with Gasteiger partial charge in [-0.25, -0.2) is 9.36 Å². The Morgan fingerprint density at radius 3 is 2.11 bits per heavy atom. The summed E-state index contributed by atoms with van der Waals surface area (Å²) < 4.78 is 20.4. The summed E-state index contributed by atoms with van der Waals surface area (Å²) in [6.07, 6.45) is 17.5. The van der Waals surface area contributed by atoms with Gasteiger partial charge in [-0.2, -0.15) is 0 Å². The summed E-state index contributed by atoms with van der Waals surface area (Å²) in [5, 5.41) is 18.4. The summed E-state index contributed by atoms with van der Waals surface area (Å²) in [6, 6.07) is 1.24. The molecule has 4 atom stereocenters. The lowest BCUT2D eigenvalue weighted by atomic mass is 10.1. The first kappa shape index (κ1) is 29.4. The number of terminal acetylenes is 3. The second-order valence-electron chi connectivity index (χ2n) is 8.32. The summed E-state index contributed by atoms with van der Waals surface area (Å²) >= 11 is 0. The maximum Gasteiger partial charge on any atom is 0.334 e. The summed E-state index contributed by atoms with van der Waals surface area (Å²) in [6.45, 7) is 1.76. The highest BCUT2D eigenvalue weighted by Gasteiger charge is 2.48. The number of ether oxygens (including phenoxy) is 3. The van der Waals surface area contributed by atoms with Crippen LogP contribution in [0.25, 0.3) is 0 Å². The number of aliphatic hydroxyl groups excluding tert-OH is 2. The first-order valence-corrected chi connectivity index (χ1v) is 12.0. The van der Waals surface area contributed by atoms with E-state index in [1.54, 1.807) is 0 Å². The van der Waals surface area contributed by atoms with E-state index in [9.17, 15) is 19.8 Å². The first-order valence-electron chi connectivity index (χ1n) is 12.0. The Morgan fingerprint density at radius 2 is 1.56 bits per heavy atom. The SMILES string of the molecule is C#CCO[C@@H]1[C@H](OCC#C)[C@@H](CN(CCCCO)CCCCO)O[C@H]1n1ccc(=O)n(CC#C)c1=O. The molecule has 1 aromatic heterocycles. The molecule has 1 fully saturated rings. The third-order valence-corrected chi connectivity index (χ3v) is 5.83. The maximum absolute atomic E-state index is 13.1. The van der Waals surface area contributed by atoms with Gasteiger partial charge in [-0.1, -0.05) is 17.8 Å². The zero-order chi connectivity index (χ0) is 26.3. The quantitative estimate of drug-likeness (QED) is 0.229. The van der Waals surface area contributed by atoms with Crippen molar-refractivity contribution in [1.82, 2.24) is 14.0 Å². The molecule has 0 amide bonds. The standard InChI is InChI=1S/C26H35N3O7/c1-4-12-28-22(32)11-15-29(26(28)33)25-24(35-19-6-3)23(34-18-5-2)21(36-25)20-27(13-7-9-16-30)14-8-10-17-31/h1-3,11,15,21,23-25,30-31H,7-10,12-14,16-20H2/t21-,23-,24-,25-/m1/s1. The minimum Gasteiger partial charge on any atom is -0.396 e. The molecule has 1 saturated heterocycles. The van der Waals surface area contributed by atoms with E-state index in [0.29, 0.717) is 32.5 Å². The molecule has 1 aliphatic rings. The summed E-state index contributed by atoms with van der Waals surface area (Å²) in [5.74, 6) is 7.18. The third kappa shape index (κ3) is 8.08. The van der Waals surface area contributed by atoms with Crippen LogP contribution in [0.2, 0.25) is 0 Å². The summed E-state index contributed by atoms with van der Waals surface area (Å²) in [7, 11) is 0. The fourth-order valence-corrected chi connectivity index (χ4v) is 4.15. The molecule has 36 heavy (non-hydrogen) atoms. The zero-order valence-electron chi connectivity index (χ0n) is 20.5. The lowest BCUT2D eigenvalue weighted by molar-refractivity contribution is -0.0683. The Kier molecular flexibility index (Phi) is 13.0. The zero-order valence-corrected chi connectivity index (χ0v) is 20.5. The van der Waals surface area contributed by atoms with Gasteiger partial charge in [0, 0.05) is 32.0 Å². The van der Waals surface area contributed by atoms with Crippen molar-refractivity contribution in [2.24, 2.45) is 0 Å². The molecule has 0 aliphatic carbocycles. The van der Waals surface area contributed by atoms with Crippen molar-refractivity contribution in [1.29, 1.82) is 0 Å². The number of aliphatic hydroxyl groups is 2. The van der Waals surface area contributed by atoms with E-state index in [0.717, 1.165) is 17.4 Å². The topological polar surface area (TPSA) is 115 Å². The molecule has 0 saturated carbocycles. The average molecular weight is 502 g/mol. The van der Waals surface area contributed by atoms with E-state index in [1.807, 2.05) is 0 Å². The fraction of sp³-hybridized carbons (Fsp3) is 0.615.